The van der Waals surface area contributed by atoms with E-state index in [1.54, 1.807) is 4.90 Å². The number of fused-ring (bicyclic) bond motifs is 1. The first-order valence-electron chi connectivity index (χ1n) is 10.7. The minimum absolute atomic E-state index is 0.242. The van der Waals surface area contributed by atoms with Gasteiger partial charge in [-0.15, -0.1) is 0 Å². The first-order chi connectivity index (χ1) is 13.9. The van der Waals surface area contributed by atoms with E-state index >= 15 is 0 Å². The quantitative estimate of drug-likeness (QED) is 0.843. The Morgan fingerprint density at radius 3 is 2.45 bits per heavy atom. The third kappa shape index (κ3) is 4.71. The lowest BCUT2D eigenvalue weighted by molar-refractivity contribution is 0.0240. The highest BCUT2D eigenvalue weighted by Gasteiger charge is 2.27. The van der Waals surface area contributed by atoms with Gasteiger partial charge in [-0.1, -0.05) is 25.0 Å². The van der Waals surface area contributed by atoms with Crippen molar-refractivity contribution < 1.29 is 9.53 Å². The van der Waals surface area contributed by atoms with Crippen LogP contribution >= 0.6 is 0 Å². The maximum Gasteiger partial charge on any atom is 0.410 e. The van der Waals surface area contributed by atoms with Crippen LogP contribution in [-0.4, -0.2) is 58.8 Å². The number of nitrogens with zero attached hydrogens (tertiary/aromatic N) is 4. The number of carbonyl (C=O) groups is 1. The van der Waals surface area contributed by atoms with Gasteiger partial charge in [-0.2, -0.15) is 4.98 Å². The summed E-state index contributed by atoms with van der Waals surface area (Å²) in [6.07, 6.45) is 4.66. The van der Waals surface area contributed by atoms with Crippen molar-refractivity contribution >= 4 is 28.8 Å². The number of para-hydroxylation sites is 1. The molecule has 0 unspecified atom stereocenters. The molecule has 2 fully saturated rings. The molecule has 2 aliphatic rings. The summed E-state index contributed by atoms with van der Waals surface area (Å²) in [6.45, 7) is 8.39. The molecule has 1 aromatic carbocycles. The summed E-state index contributed by atoms with van der Waals surface area (Å²) in [6, 6.07) is 8.62. The maximum absolute atomic E-state index is 12.4. The molecule has 0 bridgehead atoms. The highest BCUT2D eigenvalue weighted by molar-refractivity contribution is 5.90. The Labute approximate surface area is 172 Å². The van der Waals surface area contributed by atoms with E-state index in [4.69, 9.17) is 14.7 Å². The fourth-order valence-corrected chi connectivity index (χ4v) is 4.05. The van der Waals surface area contributed by atoms with Gasteiger partial charge < -0.3 is 19.9 Å². The van der Waals surface area contributed by atoms with Crippen molar-refractivity contribution in [3.63, 3.8) is 0 Å². The van der Waals surface area contributed by atoms with Crippen molar-refractivity contribution in [2.45, 2.75) is 58.1 Å². The van der Waals surface area contributed by atoms with Gasteiger partial charge in [-0.25, -0.2) is 9.78 Å². The molecule has 7 nitrogen and oxygen atoms in total. The molecule has 1 amide bonds. The molecule has 1 aliphatic heterocycles. The largest absolute Gasteiger partial charge is 0.444 e. The van der Waals surface area contributed by atoms with Crippen molar-refractivity contribution in [3.05, 3.63) is 24.3 Å². The number of ether oxygens (including phenoxy) is 1. The van der Waals surface area contributed by atoms with Crippen LogP contribution in [0.15, 0.2) is 24.3 Å². The van der Waals surface area contributed by atoms with Gasteiger partial charge in [0.25, 0.3) is 0 Å². The number of amides is 1. The molecule has 1 N–H and O–H groups in total. The fourth-order valence-electron chi connectivity index (χ4n) is 4.05. The van der Waals surface area contributed by atoms with Crippen molar-refractivity contribution in [1.82, 2.24) is 14.9 Å². The SMILES string of the molecule is CC(C)(C)OC(=O)N1CCN(c2nc(NC3CCCC3)nc3ccccc23)CC1. The summed E-state index contributed by atoms with van der Waals surface area (Å²) in [5.74, 6) is 1.65. The lowest BCUT2D eigenvalue weighted by Gasteiger charge is -2.36. The molecule has 0 spiro atoms. The smallest absolute Gasteiger partial charge is 0.410 e. The van der Waals surface area contributed by atoms with E-state index < -0.39 is 5.60 Å². The molecule has 0 atom stereocenters. The van der Waals surface area contributed by atoms with Crippen molar-refractivity contribution in [1.29, 1.82) is 0 Å². The van der Waals surface area contributed by atoms with Crippen LogP contribution in [0.3, 0.4) is 0 Å². The first kappa shape index (κ1) is 19.7. The molecule has 29 heavy (non-hydrogen) atoms. The molecule has 2 heterocycles. The van der Waals surface area contributed by atoms with Crippen LogP contribution in [0.5, 0.6) is 0 Å². The van der Waals surface area contributed by atoms with Gasteiger partial charge in [0.1, 0.15) is 11.4 Å². The normalized spacial score (nSPS) is 18.3. The Bertz CT molecular complexity index is 865. The fraction of sp³-hybridized carbons (Fsp3) is 0.591. The van der Waals surface area contributed by atoms with Crippen LogP contribution in [0.2, 0.25) is 0 Å². The summed E-state index contributed by atoms with van der Waals surface area (Å²) in [5.41, 5.74) is 0.477. The highest BCUT2D eigenvalue weighted by Crippen LogP contribution is 2.28. The number of hydrogen-bond acceptors (Lipinski definition) is 6. The molecule has 1 saturated heterocycles. The van der Waals surface area contributed by atoms with Crippen LogP contribution in [0.1, 0.15) is 46.5 Å². The second-order valence-electron chi connectivity index (χ2n) is 8.97. The van der Waals surface area contributed by atoms with E-state index in [1.807, 2.05) is 39.0 Å². The van der Waals surface area contributed by atoms with E-state index in [-0.39, 0.29) is 6.09 Å². The summed E-state index contributed by atoms with van der Waals surface area (Å²) in [4.78, 5) is 26.0. The molecular formula is C22H31N5O2. The minimum Gasteiger partial charge on any atom is -0.444 e. The number of nitrogens with one attached hydrogen (secondary N) is 1. The zero-order valence-corrected chi connectivity index (χ0v) is 17.6. The van der Waals surface area contributed by atoms with Crippen molar-refractivity contribution in [3.8, 4) is 0 Å². The predicted octanol–water partition coefficient (Wildman–Crippen LogP) is 4.04. The number of hydrogen-bond donors (Lipinski definition) is 1. The number of anilines is 2. The van der Waals surface area contributed by atoms with Crippen LogP contribution in [0.4, 0.5) is 16.6 Å². The molecular weight excluding hydrogens is 366 g/mol. The van der Waals surface area contributed by atoms with Gasteiger partial charge in [-0.3, -0.25) is 0 Å². The van der Waals surface area contributed by atoms with Crippen LogP contribution in [0, 0.1) is 0 Å². The average molecular weight is 398 g/mol. The summed E-state index contributed by atoms with van der Waals surface area (Å²) >= 11 is 0. The van der Waals surface area contributed by atoms with E-state index in [0.717, 1.165) is 29.8 Å². The molecule has 4 rings (SSSR count). The predicted molar refractivity (Wildman–Crippen MR) is 115 cm³/mol. The highest BCUT2D eigenvalue weighted by atomic mass is 16.6. The molecule has 1 saturated carbocycles. The Balaban J connectivity index is 1.52. The summed E-state index contributed by atoms with van der Waals surface area (Å²) in [5, 5.41) is 4.58. The molecule has 1 aliphatic carbocycles. The van der Waals surface area contributed by atoms with Gasteiger partial charge in [0, 0.05) is 37.6 Å². The van der Waals surface area contributed by atoms with Crippen LogP contribution < -0.4 is 10.2 Å². The van der Waals surface area contributed by atoms with E-state index in [1.165, 1.54) is 25.7 Å². The Morgan fingerprint density at radius 2 is 1.76 bits per heavy atom. The lowest BCUT2D eigenvalue weighted by atomic mass is 10.2. The number of piperazine rings is 1. The summed E-state index contributed by atoms with van der Waals surface area (Å²) < 4.78 is 5.51. The maximum atomic E-state index is 12.4. The number of rotatable bonds is 3. The molecule has 2 aromatic rings. The van der Waals surface area contributed by atoms with E-state index in [0.29, 0.717) is 25.1 Å². The molecule has 1 aromatic heterocycles. The second-order valence-corrected chi connectivity index (χ2v) is 8.97. The van der Waals surface area contributed by atoms with Crippen molar-refractivity contribution in [2.24, 2.45) is 0 Å². The Hall–Kier alpha value is -2.57. The monoisotopic (exact) mass is 397 g/mol. The molecule has 7 heteroatoms. The average Bonchev–Trinajstić information content (AvgIpc) is 3.19. The van der Waals surface area contributed by atoms with Gasteiger partial charge in [0.2, 0.25) is 5.95 Å². The lowest BCUT2D eigenvalue weighted by Crippen LogP contribution is -2.50. The van der Waals surface area contributed by atoms with Crippen LogP contribution in [-0.2, 0) is 4.74 Å². The van der Waals surface area contributed by atoms with Gasteiger partial charge >= 0.3 is 6.09 Å². The van der Waals surface area contributed by atoms with Gasteiger partial charge in [0.05, 0.1) is 5.52 Å². The van der Waals surface area contributed by atoms with Gasteiger partial charge in [-0.05, 0) is 45.7 Å². The minimum atomic E-state index is -0.474. The topological polar surface area (TPSA) is 70.6 Å². The number of carbonyl (C=O) groups excluding carboxylic acids is 1. The van der Waals surface area contributed by atoms with Crippen LogP contribution in [0.25, 0.3) is 10.9 Å². The first-order valence-corrected chi connectivity index (χ1v) is 10.7. The van der Waals surface area contributed by atoms with Gasteiger partial charge in [0.15, 0.2) is 0 Å². The number of benzene rings is 1. The van der Waals surface area contributed by atoms with E-state index in [2.05, 4.69) is 16.3 Å². The third-order valence-corrected chi connectivity index (χ3v) is 5.50. The summed E-state index contributed by atoms with van der Waals surface area (Å²) in [7, 11) is 0. The number of aromatic nitrogens is 2. The standard InChI is InChI=1S/C22H31N5O2/c1-22(2,3)29-21(28)27-14-12-26(13-15-27)19-17-10-6-7-11-18(17)24-20(25-19)23-16-8-4-5-9-16/h6-7,10-11,16H,4-5,8-9,12-15H2,1-3H3,(H,23,24,25). The third-order valence-electron chi connectivity index (χ3n) is 5.50. The molecule has 0 radical (unpaired) electrons. The molecule has 156 valence electrons. The Kier molecular flexibility index (Phi) is 5.48. The Morgan fingerprint density at radius 1 is 1.07 bits per heavy atom. The zero-order valence-electron chi connectivity index (χ0n) is 17.6. The second kappa shape index (κ2) is 8.05. The zero-order chi connectivity index (χ0) is 20.4. The van der Waals surface area contributed by atoms with Crippen molar-refractivity contribution in [2.75, 3.05) is 36.4 Å². The van der Waals surface area contributed by atoms with E-state index in [9.17, 15) is 4.79 Å².